The van der Waals surface area contributed by atoms with Crippen LogP contribution in [0.1, 0.15) is 21.4 Å². The summed E-state index contributed by atoms with van der Waals surface area (Å²) < 4.78 is 52.5. The zero-order valence-corrected chi connectivity index (χ0v) is 13.4. The lowest BCUT2D eigenvalue weighted by atomic mass is 10.1. The minimum absolute atomic E-state index is 0.230. The lowest BCUT2D eigenvalue weighted by Gasteiger charge is -2.14. The Morgan fingerprint density at radius 2 is 1.90 bits per heavy atom. The molecule has 0 nitrogen and oxygen atoms in total. The molecule has 1 unspecified atom stereocenters. The van der Waals surface area contributed by atoms with E-state index in [1.807, 2.05) is 0 Å². The van der Waals surface area contributed by atoms with Gasteiger partial charge in [0.2, 0.25) is 0 Å². The first-order chi connectivity index (χ1) is 9.21. The second-order valence-electron chi connectivity index (χ2n) is 3.84. The van der Waals surface area contributed by atoms with Gasteiger partial charge in [-0.2, -0.15) is 13.2 Å². The predicted molar refractivity (Wildman–Crippen MR) is 76.1 cm³/mol. The molecular weight excluding hydrogens is 403 g/mol. The average Bonchev–Trinajstić information content (AvgIpc) is 2.67. The first-order valence-electron chi connectivity index (χ1n) is 5.16. The van der Waals surface area contributed by atoms with Gasteiger partial charge in [-0.25, -0.2) is 4.39 Å². The van der Waals surface area contributed by atoms with Gasteiger partial charge in [-0.1, -0.05) is 23.7 Å². The van der Waals surface area contributed by atoms with Crippen molar-refractivity contribution in [1.29, 1.82) is 0 Å². The summed E-state index contributed by atoms with van der Waals surface area (Å²) in [6.07, 6.45) is -4.76. The standard InChI is InChI=1S/C12H5BrCl2F4S/c13-11-7(14)4-8(20-11)9(15)5-2-1-3-6(10(5)16)12(17,18)19/h1-4,9H. The molecule has 1 aromatic heterocycles. The van der Waals surface area contributed by atoms with Crippen molar-refractivity contribution in [3.8, 4) is 0 Å². The van der Waals surface area contributed by atoms with Crippen LogP contribution in [0.15, 0.2) is 28.1 Å². The van der Waals surface area contributed by atoms with Crippen LogP contribution in [-0.4, -0.2) is 0 Å². The molecule has 2 aromatic rings. The third-order valence-corrected chi connectivity index (χ3v) is 5.66. The summed E-state index contributed by atoms with van der Waals surface area (Å²) in [6.45, 7) is 0. The van der Waals surface area contributed by atoms with Crippen molar-refractivity contribution in [3.05, 3.63) is 54.9 Å². The number of hydrogen-bond donors (Lipinski definition) is 0. The molecule has 0 saturated carbocycles. The minimum Gasteiger partial charge on any atom is -0.206 e. The van der Waals surface area contributed by atoms with Gasteiger partial charge in [-0.3, -0.25) is 0 Å². The van der Waals surface area contributed by atoms with Crippen LogP contribution in [0.25, 0.3) is 0 Å². The number of rotatable bonds is 2. The Hall–Kier alpha value is -0.300. The molecule has 0 bridgehead atoms. The van der Waals surface area contributed by atoms with Crippen molar-refractivity contribution in [2.45, 2.75) is 11.6 Å². The summed E-state index contributed by atoms with van der Waals surface area (Å²) in [6, 6.07) is 4.53. The maximum absolute atomic E-state index is 14.0. The van der Waals surface area contributed by atoms with Crippen LogP contribution in [0.3, 0.4) is 0 Å². The van der Waals surface area contributed by atoms with E-state index < -0.39 is 22.9 Å². The van der Waals surface area contributed by atoms with Gasteiger partial charge in [0.05, 0.1) is 19.7 Å². The largest absolute Gasteiger partial charge is 0.419 e. The molecular formula is C12H5BrCl2F4S. The molecule has 0 aliphatic rings. The SMILES string of the molecule is Fc1c(C(Cl)c2cc(Cl)c(Br)s2)cccc1C(F)(F)F. The molecule has 0 saturated heterocycles. The summed E-state index contributed by atoms with van der Waals surface area (Å²) in [4.78, 5) is 0.460. The summed E-state index contributed by atoms with van der Waals surface area (Å²) in [5.74, 6) is -1.36. The molecule has 0 aliphatic heterocycles. The smallest absolute Gasteiger partial charge is 0.206 e. The minimum atomic E-state index is -4.76. The first-order valence-corrected chi connectivity index (χ1v) is 7.58. The van der Waals surface area contributed by atoms with Crippen molar-refractivity contribution in [2.24, 2.45) is 0 Å². The van der Waals surface area contributed by atoms with E-state index in [0.29, 0.717) is 19.8 Å². The van der Waals surface area contributed by atoms with Gasteiger partial charge in [-0.15, -0.1) is 22.9 Å². The van der Waals surface area contributed by atoms with Gasteiger partial charge in [-0.05, 0) is 28.1 Å². The highest BCUT2D eigenvalue weighted by atomic mass is 79.9. The number of hydrogen-bond acceptors (Lipinski definition) is 1. The lowest BCUT2D eigenvalue weighted by molar-refractivity contribution is -0.140. The fourth-order valence-electron chi connectivity index (χ4n) is 1.61. The molecule has 1 heterocycles. The van der Waals surface area contributed by atoms with Gasteiger partial charge in [0.15, 0.2) is 0 Å². The molecule has 0 aliphatic carbocycles. The third kappa shape index (κ3) is 3.13. The predicted octanol–water partition coefficient (Wildman–Crippen LogP) is 6.65. The fraction of sp³-hybridized carbons (Fsp3) is 0.167. The molecule has 1 aromatic carbocycles. The highest BCUT2D eigenvalue weighted by Gasteiger charge is 2.35. The number of alkyl halides is 4. The molecule has 0 spiro atoms. The Labute approximate surface area is 134 Å². The Kier molecular flexibility index (Phi) is 4.69. The Morgan fingerprint density at radius 1 is 1.25 bits per heavy atom. The summed E-state index contributed by atoms with van der Waals surface area (Å²) in [7, 11) is 0. The van der Waals surface area contributed by atoms with Crippen LogP contribution in [-0.2, 0) is 6.18 Å². The van der Waals surface area contributed by atoms with E-state index in [0.717, 1.165) is 17.4 Å². The van der Waals surface area contributed by atoms with E-state index in [1.165, 1.54) is 12.1 Å². The lowest BCUT2D eigenvalue weighted by Crippen LogP contribution is -2.10. The van der Waals surface area contributed by atoms with E-state index in [2.05, 4.69) is 15.9 Å². The highest BCUT2D eigenvalue weighted by molar-refractivity contribution is 9.11. The van der Waals surface area contributed by atoms with Crippen LogP contribution in [0.2, 0.25) is 5.02 Å². The topological polar surface area (TPSA) is 0 Å². The molecule has 108 valence electrons. The normalized spacial score (nSPS) is 13.6. The van der Waals surface area contributed by atoms with Crippen molar-refractivity contribution in [2.75, 3.05) is 0 Å². The molecule has 0 amide bonds. The average molecular weight is 408 g/mol. The van der Waals surface area contributed by atoms with Crippen LogP contribution in [0, 0.1) is 5.82 Å². The quantitative estimate of drug-likeness (QED) is 0.386. The van der Waals surface area contributed by atoms with Crippen molar-refractivity contribution >= 4 is 50.5 Å². The third-order valence-electron chi connectivity index (χ3n) is 2.52. The monoisotopic (exact) mass is 406 g/mol. The van der Waals surface area contributed by atoms with Gasteiger partial charge in [0, 0.05) is 10.4 Å². The highest BCUT2D eigenvalue weighted by Crippen LogP contribution is 2.42. The molecule has 1 atom stereocenters. The molecule has 0 N–H and O–H groups in total. The van der Waals surface area contributed by atoms with Crippen LogP contribution in [0.5, 0.6) is 0 Å². The molecule has 20 heavy (non-hydrogen) atoms. The van der Waals surface area contributed by atoms with Gasteiger partial charge in [0.1, 0.15) is 5.82 Å². The second-order valence-corrected chi connectivity index (χ2v) is 7.08. The summed E-state index contributed by atoms with van der Waals surface area (Å²) in [5.41, 5.74) is -1.56. The first kappa shape index (κ1) is 16.1. The van der Waals surface area contributed by atoms with Crippen LogP contribution < -0.4 is 0 Å². The molecule has 0 radical (unpaired) electrons. The Morgan fingerprint density at radius 3 is 2.40 bits per heavy atom. The fourth-order valence-corrected chi connectivity index (χ4v) is 3.71. The molecule has 2 rings (SSSR count). The summed E-state index contributed by atoms with van der Waals surface area (Å²) >= 11 is 16.2. The zero-order chi connectivity index (χ0) is 15.1. The van der Waals surface area contributed by atoms with Crippen molar-refractivity contribution < 1.29 is 17.6 Å². The molecule has 8 heteroatoms. The zero-order valence-electron chi connectivity index (χ0n) is 9.44. The van der Waals surface area contributed by atoms with E-state index in [9.17, 15) is 17.6 Å². The number of benzene rings is 1. The van der Waals surface area contributed by atoms with Gasteiger partial charge < -0.3 is 0 Å². The summed E-state index contributed by atoms with van der Waals surface area (Å²) in [5, 5.41) is -0.658. The Bertz CT molecular complexity index is 619. The van der Waals surface area contributed by atoms with Gasteiger partial charge >= 0.3 is 6.18 Å². The van der Waals surface area contributed by atoms with E-state index in [-0.39, 0.29) is 5.56 Å². The number of thiophene rings is 1. The van der Waals surface area contributed by atoms with E-state index in [4.69, 9.17) is 23.2 Å². The maximum Gasteiger partial charge on any atom is 0.419 e. The van der Waals surface area contributed by atoms with E-state index in [1.54, 1.807) is 0 Å². The van der Waals surface area contributed by atoms with E-state index >= 15 is 0 Å². The van der Waals surface area contributed by atoms with Crippen molar-refractivity contribution in [3.63, 3.8) is 0 Å². The number of halogens is 7. The maximum atomic E-state index is 14.0. The van der Waals surface area contributed by atoms with Crippen molar-refractivity contribution in [1.82, 2.24) is 0 Å². The van der Waals surface area contributed by atoms with Gasteiger partial charge in [0.25, 0.3) is 0 Å². The van der Waals surface area contributed by atoms with Crippen LogP contribution in [0.4, 0.5) is 17.6 Å². The molecule has 0 fully saturated rings. The Balaban J connectivity index is 2.48. The second kappa shape index (κ2) is 5.83. The van der Waals surface area contributed by atoms with Crippen LogP contribution >= 0.6 is 50.5 Å².